The van der Waals surface area contributed by atoms with Crippen LogP contribution < -0.4 is 0 Å². The molecule has 1 heterocycles. The summed E-state index contributed by atoms with van der Waals surface area (Å²) in [6.45, 7) is 0. The number of halogens is 4. The molecular weight excluding hydrogens is 393 g/mol. The molecule has 0 amide bonds. The number of hydrogen-bond donors (Lipinski definition) is 1. The van der Waals surface area contributed by atoms with E-state index < -0.39 is 52.7 Å². The number of para-hydroxylation sites is 1. The fraction of sp³-hybridized carbons (Fsp3) is 0.154. The lowest BCUT2D eigenvalue weighted by molar-refractivity contribution is -0.133. The SMILES string of the molecule is COC(=O)c1sc(C(F)(F)F)c(-c2ccccc2O)c1S(=O)(=O)Cl. The van der Waals surface area contributed by atoms with Crippen LogP contribution >= 0.6 is 22.0 Å². The number of carbonyl (C=O) groups is 1. The van der Waals surface area contributed by atoms with E-state index in [0.29, 0.717) is 0 Å². The van der Waals surface area contributed by atoms with Crippen LogP contribution in [-0.2, 0) is 20.0 Å². The number of carbonyl (C=O) groups excluding carboxylic acids is 1. The van der Waals surface area contributed by atoms with Crippen LogP contribution in [0.15, 0.2) is 29.2 Å². The summed E-state index contributed by atoms with van der Waals surface area (Å²) in [5.74, 6) is -1.88. The first-order valence-electron chi connectivity index (χ1n) is 6.03. The summed E-state index contributed by atoms with van der Waals surface area (Å²) in [6.07, 6.45) is -4.98. The van der Waals surface area contributed by atoms with Crippen molar-refractivity contribution in [1.82, 2.24) is 0 Å². The summed E-state index contributed by atoms with van der Waals surface area (Å²) in [4.78, 5) is 8.47. The number of benzene rings is 1. The van der Waals surface area contributed by atoms with Gasteiger partial charge in [-0.1, -0.05) is 18.2 Å². The highest BCUT2D eigenvalue weighted by Crippen LogP contribution is 2.50. The minimum Gasteiger partial charge on any atom is -0.507 e. The van der Waals surface area contributed by atoms with E-state index in [1.807, 2.05) is 0 Å². The van der Waals surface area contributed by atoms with E-state index >= 15 is 0 Å². The van der Waals surface area contributed by atoms with Crippen LogP contribution in [0.25, 0.3) is 11.1 Å². The lowest BCUT2D eigenvalue weighted by Crippen LogP contribution is -2.06. The third-order valence-electron chi connectivity index (χ3n) is 2.91. The molecule has 0 fully saturated rings. The number of phenolic OH excluding ortho intramolecular Hbond substituents is 1. The van der Waals surface area contributed by atoms with E-state index in [1.54, 1.807) is 0 Å². The summed E-state index contributed by atoms with van der Waals surface area (Å²) in [6, 6.07) is 4.80. The van der Waals surface area contributed by atoms with Gasteiger partial charge >= 0.3 is 12.1 Å². The first-order valence-corrected chi connectivity index (χ1v) is 9.16. The number of hydrogen-bond acceptors (Lipinski definition) is 6. The summed E-state index contributed by atoms with van der Waals surface area (Å²) >= 11 is -0.118. The molecule has 0 unspecified atom stereocenters. The molecule has 0 bridgehead atoms. The maximum absolute atomic E-state index is 13.4. The fourth-order valence-electron chi connectivity index (χ4n) is 2.01. The Morgan fingerprint density at radius 1 is 1.29 bits per heavy atom. The first-order chi connectivity index (χ1) is 11.0. The van der Waals surface area contributed by atoms with Gasteiger partial charge in [-0.05, 0) is 6.07 Å². The van der Waals surface area contributed by atoms with Crippen LogP contribution in [0, 0.1) is 0 Å². The lowest BCUT2D eigenvalue weighted by Gasteiger charge is -2.10. The molecule has 0 aliphatic heterocycles. The molecule has 11 heteroatoms. The number of phenols is 1. The molecule has 24 heavy (non-hydrogen) atoms. The van der Waals surface area contributed by atoms with Gasteiger partial charge < -0.3 is 9.84 Å². The summed E-state index contributed by atoms with van der Waals surface area (Å²) in [7, 11) is 1.39. The predicted molar refractivity (Wildman–Crippen MR) is 80.8 cm³/mol. The van der Waals surface area contributed by atoms with Crippen LogP contribution in [0.5, 0.6) is 5.75 Å². The van der Waals surface area contributed by atoms with Gasteiger partial charge in [0.15, 0.2) is 0 Å². The highest BCUT2D eigenvalue weighted by molar-refractivity contribution is 8.14. The van der Waals surface area contributed by atoms with Crippen LogP contribution in [0.1, 0.15) is 14.5 Å². The number of alkyl halides is 3. The molecule has 0 aliphatic rings. The van der Waals surface area contributed by atoms with Gasteiger partial charge in [0.25, 0.3) is 9.05 Å². The van der Waals surface area contributed by atoms with Gasteiger partial charge in [0, 0.05) is 21.8 Å². The molecule has 1 aromatic heterocycles. The summed E-state index contributed by atoms with van der Waals surface area (Å²) < 4.78 is 68.1. The number of thiophene rings is 1. The zero-order chi connectivity index (χ0) is 18.3. The number of esters is 1. The number of ether oxygens (including phenoxy) is 1. The van der Waals surface area contributed by atoms with E-state index in [1.165, 1.54) is 12.1 Å². The van der Waals surface area contributed by atoms with E-state index in [0.717, 1.165) is 19.2 Å². The molecular formula is C13H8ClF3O5S2. The minimum absolute atomic E-state index is 0.118. The van der Waals surface area contributed by atoms with Crippen molar-refractivity contribution >= 4 is 37.0 Å². The molecule has 2 aromatic rings. The molecule has 0 atom stereocenters. The fourth-order valence-corrected chi connectivity index (χ4v) is 4.88. The number of aromatic hydroxyl groups is 1. The molecule has 2 rings (SSSR count). The second-order valence-electron chi connectivity index (χ2n) is 4.41. The van der Waals surface area contributed by atoms with Gasteiger partial charge in [0.1, 0.15) is 20.4 Å². The molecule has 0 radical (unpaired) electrons. The van der Waals surface area contributed by atoms with Gasteiger partial charge in [0.2, 0.25) is 0 Å². The molecule has 5 nitrogen and oxygen atoms in total. The van der Waals surface area contributed by atoms with Gasteiger partial charge in [-0.2, -0.15) is 13.2 Å². The highest BCUT2D eigenvalue weighted by atomic mass is 35.7. The molecule has 0 aliphatic carbocycles. The van der Waals surface area contributed by atoms with Crippen LogP contribution in [0.4, 0.5) is 13.2 Å². The Morgan fingerprint density at radius 3 is 2.33 bits per heavy atom. The van der Waals surface area contributed by atoms with Crippen molar-refractivity contribution in [2.24, 2.45) is 0 Å². The second-order valence-corrected chi connectivity index (χ2v) is 7.93. The monoisotopic (exact) mass is 400 g/mol. The van der Waals surface area contributed by atoms with Crippen molar-refractivity contribution in [2.75, 3.05) is 7.11 Å². The van der Waals surface area contributed by atoms with Gasteiger partial charge in [-0.3, -0.25) is 0 Å². The Labute approximate surface area is 142 Å². The highest BCUT2D eigenvalue weighted by Gasteiger charge is 2.43. The largest absolute Gasteiger partial charge is 0.507 e. The van der Waals surface area contributed by atoms with Crippen molar-refractivity contribution in [3.8, 4) is 16.9 Å². The zero-order valence-corrected chi connectivity index (χ0v) is 14.1. The van der Waals surface area contributed by atoms with Crippen LogP contribution in [0.3, 0.4) is 0 Å². The summed E-state index contributed by atoms with van der Waals surface area (Å²) in [5.41, 5.74) is -1.31. The lowest BCUT2D eigenvalue weighted by atomic mass is 10.0. The smallest absolute Gasteiger partial charge is 0.426 e. The van der Waals surface area contributed by atoms with E-state index in [2.05, 4.69) is 4.74 Å². The first kappa shape index (κ1) is 18.6. The minimum atomic E-state index is -4.98. The van der Waals surface area contributed by atoms with Crippen LogP contribution in [-0.4, -0.2) is 26.6 Å². The Morgan fingerprint density at radius 2 is 1.88 bits per heavy atom. The molecule has 0 saturated carbocycles. The van der Waals surface area contributed by atoms with E-state index in [9.17, 15) is 31.5 Å². The third-order valence-corrected chi connectivity index (χ3v) is 5.61. The zero-order valence-electron chi connectivity index (χ0n) is 11.7. The normalized spacial score (nSPS) is 12.2. The maximum atomic E-state index is 13.4. The maximum Gasteiger partial charge on any atom is 0.426 e. The average Bonchev–Trinajstić information content (AvgIpc) is 2.87. The van der Waals surface area contributed by atoms with Crippen molar-refractivity contribution in [2.45, 2.75) is 11.1 Å². The Hall–Kier alpha value is -1.78. The molecule has 0 spiro atoms. The molecule has 0 saturated heterocycles. The molecule has 1 N–H and O–H groups in total. The topological polar surface area (TPSA) is 80.7 Å². The van der Waals surface area contributed by atoms with Gasteiger partial charge in [-0.15, -0.1) is 11.3 Å². The van der Waals surface area contributed by atoms with Crippen molar-refractivity contribution < 1.29 is 36.2 Å². The van der Waals surface area contributed by atoms with Crippen molar-refractivity contribution in [3.63, 3.8) is 0 Å². The predicted octanol–water partition coefficient (Wildman–Crippen LogP) is 3.85. The van der Waals surface area contributed by atoms with Crippen molar-refractivity contribution in [1.29, 1.82) is 0 Å². The Balaban J connectivity index is 3.02. The number of rotatable bonds is 3. The van der Waals surface area contributed by atoms with Crippen molar-refractivity contribution in [3.05, 3.63) is 34.0 Å². The quantitative estimate of drug-likeness (QED) is 0.625. The molecule has 130 valence electrons. The van der Waals surface area contributed by atoms with Gasteiger partial charge in [0.05, 0.1) is 7.11 Å². The standard InChI is InChI=1S/C13H8ClF3O5S2/c1-22-12(19)9-10(24(14,20)21)8(11(23-9)13(15,16)17)6-4-2-3-5-7(6)18/h2-5,18H,1H3. The summed E-state index contributed by atoms with van der Waals surface area (Å²) in [5, 5.41) is 9.83. The van der Waals surface area contributed by atoms with E-state index in [-0.39, 0.29) is 11.3 Å². The Bertz CT molecular complexity index is 903. The van der Waals surface area contributed by atoms with E-state index in [4.69, 9.17) is 10.7 Å². The second kappa shape index (κ2) is 6.26. The Kier molecular flexibility index (Phi) is 4.84. The van der Waals surface area contributed by atoms with Crippen LogP contribution in [0.2, 0.25) is 0 Å². The average molecular weight is 401 g/mol. The van der Waals surface area contributed by atoms with Gasteiger partial charge in [-0.25, -0.2) is 13.2 Å². The third kappa shape index (κ3) is 3.35. The number of methoxy groups -OCH3 is 1. The molecule has 1 aromatic carbocycles.